The first-order valence-corrected chi connectivity index (χ1v) is 11.9. The van der Waals surface area contributed by atoms with Crippen LogP contribution in [0.5, 0.6) is 5.75 Å². The van der Waals surface area contributed by atoms with Gasteiger partial charge in [-0.2, -0.15) is 10.1 Å². The van der Waals surface area contributed by atoms with E-state index in [4.69, 9.17) is 4.74 Å². The molecule has 33 heavy (non-hydrogen) atoms. The summed E-state index contributed by atoms with van der Waals surface area (Å²) >= 11 is 1.70. The zero-order valence-electron chi connectivity index (χ0n) is 18.1. The fourth-order valence-electron chi connectivity index (χ4n) is 4.60. The van der Waals surface area contributed by atoms with Gasteiger partial charge in [-0.05, 0) is 60.7 Å². The average molecular weight is 457 g/mol. The summed E-state index contributed by atoms with van der Waals surface area (Å²) < 4.78 is 22.3. The first-order valence-electron chi connectivity index (χ1n) is 10.7. The Kier molecular flexibility index (Phi) is 4.73. The van der Waals surface area contributed by atoms with Crippen LogP contribution < -0.4 is 10.1 Å². The lowest BCUT2D eigenvalue weighted by Gasteiger charge is -2.39. The minimum Gasteiger partial charge on any atom is -0.480 e. The number of ether oxygens (including phenoxy) is 1. The molecule has 3 aromatic carbocycles. The molecule has 0 unspecified atom stereocenters. The number of hydrogen-bond acceptors (Lipinski definition) is 5. The van der Waals surface area contributed by atoms with Gasteiger partial charge in [0.1, 0.15) is 30.0 Å². The summed E-state index contributed by atoms with van der Waals surface area (Å²) in [5, 5.41) is 8.02. The Hall–Kier alpha value is -3.58. The van der Waals surface area contributed by atoms with Gasteiger partial charge in [-0.1, -0.05) is 35.9 Å². The van der Waals surface area contributed by atoms with E-state index >= 15 is 0 Å². The summed E-state index contributed by atoms with van der Waals surface area (Å²) in [6.45, 7) is 2.07. The lowest BCUT2D eigenvalue weighted by molar-refractivity contribution is 0.223. The van der Waals surface area contributed by atoms with E-state index in [0.717, 1.165) is 39.3 Å². The van der Waals surface area contributed by atoms with Crippen LogP contribution in [0.4, 0.5) is 10.3 Å². The number of anilines is 1. The second kappa shape index (κ2) is 7.78. The topological polar surface area (TPSA) is 52.0 Å². The van der Waals surface area contributed by atoms with E-state index in [1.165, 1.54) is 23.4 Å². The SMILES string of the molecule is CSc1ccc([C@@H]2Oc3ccc(C)cc3C3=C2[C@H](c2ccc(F)cc2)n2ncnc2N3)cc1. The monoisotopic (exact) mass is 456 g/mol. The van der Waals surface area contributed by atoms with E-state index in [2.05, 4.69) is 65.0 Å². The van der Waals surface area contributed by atoms with Crippen LogP contribution in [0, 0.1) is 12.7 Å². The fourth-order valence-corrected chi connectivity index (χ4v) is 5.01. The summed E-state index contributed by atoms with van der Waals surface area (Å²) in [6, 6.07) is 20.9. The van der Waals surface area contributed by atoms with Gasteiger partial charge >= 0.3 is 0 Å². The van der Waals surface area contributed by atoms with E-state index in [1.807, 2.05) is 10.7 Å². The lowest BCUT2D eigenvalue weighted by Crippen LogP contribution is -2.32. The normalized spacial score (nSPS) is 18.6. The molecule has 1 aromatic heterocycles. The molecule has 2 aliphatic heterocycles. The van der Waals surface area contributed by atoms with Crippen molar-refractivity contribution < 1.29 is 9.13 Å². The van der Waals surface area contributed by atoms with Crippen LogP contribution >= 0.6 is 11.8 Å². The summed E-state index contributed by atoms with van der Waals surface area (Å²) in [4.78, 5) is 5.64. The van der Waals surface area contributed by atoms with Crippen molar-refractivity contribution in [2.45, 2.75) is 24.0 Å². The number of nitrogens with zero attached hydrogens (tertiary/aromatic N) is 3. The highest BCUT2D eigenvalue weighted by Gasteiger charge is 2.40. The Morgan fingerprint density at radius 1 is 1.00 bits per heavy atom. The summed E-state index contributed by atoms with van der Waals surface area (Å²) in [6.07, 6.45) is 3.26. The summed E-state index contributed by atoms with van der Waals surface area (Å²) in [5.74, 6) is 1.19. The Bertz CT molecular complexity index is 1380. The molecule has 3 heterocycles. The smallest absolute Gasteiger partial charge is 0.226 e. The highest BCUT2D eigenvalue weighted by atomic mass is 32.2. The molecule has 7 heteroatoms. The quantitative estimate of drug-likeness (QED) is 0.383. The number of hydrogen-bond donors (Lipinski definition) is 1. The molecule has 0 saturated carbocycles. The van der Waals surface area contributed by atoms with E-state index in [0.29, 0.717) is 5.95 Å². The van der Waals surface area contributed by atoms with Crippen LogP contribution in [0.25, 0.3) is 5.70 Å². The molecule has 0 bridgehead atoms. The van der Waals surface area contributed by atoms with E-state index in [-0.39, 0.29) is 18.0 Å². The van der Waals surface area contributed by atoms with Crippen molar-refractivity contribution in [1.82, 2.24) is 14.8 Å². The van der Waals surface area contributed by atoms with Gasteiger partial charge < -0.3 is 10.1 Å². The van der Waals surface area contributed by atoms with E-state index in [1.54, 1.807) is 23.9 Å². The minimum absolute atomic E-state index is 0.272. The van der Waals surface area contributed by atoms with Crippen LogP contribution in [-0.4, -0.2) is 21.0 Å². The first kappa shape index (κ1) is 20.1. The minimum atomic E-state index is -0.342. The molecular weight excluding hydrogens is 435 g/mol. The van der Waals surface area contributed by atoms with Gasteiger partial charge in [-0.15, -0.1) is 11.8 Å². The van der Waals surface area contributed by atoms with Crippen LogP contribution in [0.1, 0.15) is 34.4 Å². The number of benzene rings is 3. The molecule has 2 atom stereocenters. The van der Waals surface area contributed by atoms with Crippen molar-refractivity contribution in [2.75, 3.05) is 11.6 Å². The summed E-state index contributed by atoms with van der Waals surface area (Å²) in [5.41, 5.74) is 6.08. The zero-order valence-corrected chi connectivity index (χ0v) is 18.9. The molecule has 6 rings (SSSR count). The largest absolute Gasteiger partial charge is 0.480 e. The van der Waals surface area contributed by atoms with Gasteiger partial charge in [0.25, 0.3) is 0 Å². The van der Waals surface area contributed by atoms with Gasteiger partial charge in [0.2, 0.25) is 5.95 Å². The predicted molar refractivity (Wildman–Crippen MR) is 128 cm³/mol. The zero-order chi connectivity index (χ0) is 22.5. The first-order chi connectivity index (χ1) is 16.1. The number of nitrogens with one attached hydrogen (secondary N) is 1. The average Bonchev–Trinajstić information content (AvgIpc) is 3.31. The van der Waals surface area contributed by atoms with Crippen molar-refractivity contribution in [2.24, 2.45) is 0 Å². The molecule has 0 amide bonds. The van der Waals surface area contributed by atoms with Crippen molar-refractivity contribution >= 4 is 23.4 Å². The highest BCUT2D eigenvalue weighted by Crippen LogP contribution is 2.50. The van der Waals surface area contributed by atoms with E-state index in [9.17, 15) is 4.39 Å². The molecule has 0 aliphatic carbocycles. The van der Waals surface area contributed by atoms with Crippen LogP contribution in [0.15, 0.2) is 83.5 Å². The van der Waals surface area contributed by atoms with Crippen molar-refractivity contribution in [1.29, 1.82) is 0 Å². The van der Waals surface area contributed by atoms with Crippen LogP contribution in [0.3, 0.4) is 0 Å². The van der Waals surface area contributed by atoms with Gasteiger partial charge in [0.15, 0.2) is 0 Å². The van der Waals surface area contributed by atoms with E-state index < -0.39 is 0 Å². The second-order valence-corrected chi connectivity index (χ2v) is 9.09. The maximum absolute atomic E-state index is 13.8. The number of aryl methyl sites for hydroxylation is 1. The molecule has 0 fully saturated rings. The van der Waals surface area contributed by atoms with Crippen LogP contribution in [-0.2, 0) is 0 Å². The molecule has 4 aromatic rings. The standard InChI is InChI=1S/C26H21FN4OS/c1-15-3-12-21-20(13-15)23-22(25(32-21)17-6-10-19(33-2)11-7-17)24(16-4-8-18(27)9-5-16)31-26(30-23)28-14-29-31/h3-14,24-25H,1-2H3,(H,28,29,30)/t24-,25-/m0/s1. The molecule has 0 radical (unpaired) electrons. The molecule has 0 spiro atoms. The molecule has 1 N–H and O–H groups in total. The molecule has 2 aliphatic rings. The van der Waals surface area contributed by atoms with Gasteiger partial charge in [-0.3, -0.25) is 0 Å². The Balaban J connectivity index is 1.61. The van der Waals surface area contributed by atoms with Crippen molar-refractivity contribution in [3.8, 4) is 5.75 Å². The lowest BCUT2D eigenvalue weighted by atomic mass is 9.84. The third kappa shape index (κ3) is 3.31. The Morgan fingerprint density at radius 3 is 2.52 bits per heavy atom. The maximum atomic E-state index is 13.8. The molecule has 164 valence electrons. The van der Waals surface area contributed by atoms with Gasteiger partial charge in [0.05, 0.1) is 5.70 Å². The predicted octanol–water partition coefficient (Wildman–Crippen LogP) is 6.01. The Morgan fingerprint density at radius 2 is 1.76 bits per heavy atom. The third-order valence-corrected chi connectivity index (χ3v) is 6.92. The Labute approximate surface area is 195 Å². The second-order valence-electron chi connectivity index (χ2n) is 8.21. The van der Waals surface area contributed by atoms with Gasteiger partial charge in [0, 0.05) is 16.0 Å². The fraction of sp³-hybridized carbons (Fsp3) is 0.154. The highest BCUT2D eigenvalue weighted by molar-refractivity contribution is 7.98. The number of rotatable bonds is 3. The third-order valence-electron chi connectivity index (χ3n) is 6.17. The number of thioether (sulfide) groups is 1. The number of fused-ring (bicyclic) bond motifs is 3. The van der Waals surface area contributed by atoms with Crippen LogP contribution in [0.2, 0.25) is 0 Å². The van der Waals surface area contributed by atoms with Gasteiger partial charge in [-0.25, -0.2) is 9.07 Å². The molecule has 5 nitrogen and oxygen atoms in total. The van der Waals surface area contributed by atoms with Crippen molar-refractivity contribution in [3.63, 3.8) is 0 Å². The van der Waals surface area contributed by atoms with Crippen molar-refractivity contribution in [3.05, 3.63) is 107 Å². The molecular formula is C26H21FN4OS. The summed E-state index contributed by atoms with van der Waals surface area (Å²) in [7, 11) is 0. The number of halogens is 1. The number of aromatic nitrogens is 3. The maximum Gasteiger partial charge on any atom is 0.226 e. The molecule has 0 saturated heterocycles.